The summed E-state index contributed by atoms with van der Waals surface area (Å²) in [7, 11) is 1.53. The van der Waals surface area contributed by atoms with Crippen LogP contribution in [0.4, 0.5) is 0 Å². The van der Waals surface area contributed by atoms with Crippen LogP contribution in [0.15, 0.2) is 66.9 Å². The number of methoxy groups -OCH3 is 1. The molecule has 0 heterocycles. The zero-order valence-corrected chi connectivity index (χ0v) is 12.1. The van der Waals surface area contributed by atoms with E-state index in [0.29, 0.717) is 16.9 Å². The van der Waals surface area contributed by atoms with Gasteiger partial charge in [-0.2, -0.15) is 0 Å². The average Bonchev–Trinajstić information content (AvgIpc) is 2.59. The van der Waals surface area contributed by atoms with Crippen molar-refractivity contribution in [2.45, 2.75) is 0 Å². The maximum absolute atomic E-state index is 11.9. The number of hydrogen-bond donors (Lipinski definition) is 2. The van der Waals surface area contributed by atoms with Gasteiger partial charge >= 0.3 is 0 Å². The Kier molecular flexibility index (Phi) is 5.31. The largest absolute Gasteiger partial charge is 0.497 e. The first-order chi connectivity index (χ1) is 10.7. The van der Waals surface area contributed by atoms with Crippen molar-refractivity contribution in [3.63, 3.8) is 0 Å². The second kappa shape index (κ2) is 7.64. The van der Waals surface area contributed by atoms with Gasteiger partial charge in [0.15, 0.2) is 5.78 Å². The summed E-state index contributed by atoms with van der Waals surface area (Å²) in [6.45, 7) is 0. The van der Waals surface area contributed by atoms with E-state index in [2.05, 4.69) is 10.9 Å². The lowest BCUT2D eigenvalue weighted by molar-refractivity contribution is 0.0938. The van der Waals surface area contributed by atoms with Crippen LogP contribution in [0.1, 0.15) is 20.7 Å². The van der Waals surface area contributed by atoms with E-state index in [1.54, 1.807) is 48.5 Å². The minimum atomic E-state index is -0.323. The third-order valence-corrected chi connectivity index (χ3v) is 2.89. The van der Waals surface area contributed by atoms with Gasteiger partial charge in [-0.15, -0.1) is 0 Å². The predicted octanol–water partition coefficient (Wildman–Crippen LogP) is 2.33. The first-order valence-corrected chi connectivity index (χ1v) is 6.66. The lowest BCUT2D eigenvalue weighted by Crippen LogP contribution is -2.33. The number of nitrogens with one attached hydrogen (secondary N) is 2. The van der Waals surface area contributed by atoms with Crippen LogP contribution in [0, 0.1) is 0 Å². The Morgan fingerprint density at radius 1 is 1.00 bits per heavy atom. The van der Waals surface area contributed by atoms with Crippen molar-refractivity contribution >= 4 is 11.7 Å². The second-order valence-corrected chi connectivity index (χ2v) is 4.39. The quantitative estimate of drug-likeness (QED) is 0.488. The first kappa shape index (κ1) is 15.3. The molecule has 5 heteroatoms. The van der Waals surface area contributed by atoms with Gasteiger partial charge in [0.2, 0.25) is 0 Å². The van der Waals surface area contributed by atoms with Gasteiger partial charge in [-0.25, -0.2) is 0 Å². The molecule has 0 atom stereocenters. The number of hydrogen-bond acceptors (Lipinski definition) is 4. The van der Waals surface area contributed by atoms with Gasteiger partial charge in [0.1, 0.15) is 5.75 Å². The fourth-order valence-corrected chi connectivity index (χ4v) is 1.76. The van der Waals surface area contributed by atoms with Crippen LogP contribution in [-0.4, -0.2) is 18.8 Å². The SMILES string of the molecule is COc1cccc(C(=O)NNC=CC(=O)c2ccccc2)c1. The summed E-state index contributed by atoms with van der Waals surface area (Å²) in [5, 5.41) is 0. The number of ether oxygens (including phenoxy) is 1. The van der Waals surface area contributed by atoms with Gasteiger partial charge < -0.3 is 10.2 Å². The number of allylic oxidation sites excluding steroid dienone is 1. The molecule has 0 bridgehead atoms. The molecule has 1 amide bonds. The Balaban J connectivity index is 1.86. The van der Waals surface area contributed by atoms with E-state index in [1.165, 1.54) is 19.4 Å². The van der Waals surface area contributed by atoms with Crippen LogP contribution in [0.3, 0.4) is 0 Å². The topological polar surface area (TPSA) is 67.4 Å². The predicted molar refractivity (Wildman–Crippen MR) is 83.5 cm³/mol. The first-order valence-electron chi connectivity index (χ1n) is 6.66. The van der Waals surface area contributed by atoms with Crippen LogP contribution in [0.25, 0.3) is 0 Å². The molecule has 2 N–H and O–H groups in total. The third-order valence-electron chi connectivity index (χ3n) is 2.89. The molecule has 2 aromatic rings. The van der Waals surface area contributed by atoms with Gasteiger partial charge in [-0.1, -0.05) is 36.4 Å². The van der Waals surface area contributed by atoms with Crippen LogP contribution < -0.4 is 15.6 Å². The standard InChI is InChI=1S/C17H16N2O3/c1-22-15-9-5-8-14(12-15)17(21)19-18-11-10-16(20)13-6-3-2-4-7-13/h2-12,18H,1H3,(H,19,21). The minimum absolute atomic E-state index is 0.149. The summed E-state index contributed by atoms with van der Waals surface area (Å²) in [6.07, 6.45) is 2.73. The van der Waals surface area contributed by atoms with Crippen molar-refractivity contribution in [1.29, 1.82) is 0 Å². The third kappa shape index (κ3) is 4.21. The zero-order valence-electron chi connectivity index (χ0n) is 12.1. The lowest BCUT2D eigenvalue weighted by atomic mass is 10.1. The highest BCUT2D eigenvalue weighted by Crippen LogP contribution is 2.11. The minimum Gasteiger partial charge on any atom is -0.497 e. The van der Waals surface area contributed by atoms with Crippen LogP contribution in [-0.2, 0) is 0 Å². The average molecular weight is 296 g/mol. The maximum atomic E-state index is 11.9. The van der Waals surface area contributed by atoms with Gasteiger partial charge in [-0.05, 0) is 18.2 Å². The Morgan fingerprint density at radius 2 is 1.73 bits per heavy atom. The van der Waals surface area contributed by atoms with Crippen molar-refractivity contribution in [2.24, 2.45) is 0 Å². The fourth-order valence-electron chi connectivity index (χ4n) is 1.76. The molecule has 0 aromatic heterocycles. The molecule has 0 radical (unpaired) electrons. The van der Waals surface area contributed by atoms with Crippen LogP contribution >= 0.6 is 0 Å². The van der Waals surface area contributed by atoms with E-state index in [1.807, 2.05) is 6.07 Å². The summed E-state index contributed by atoms with van der Waals surface area (Å²) in [6, 6.07) is 15.6. The molecule has 112 valence electrons. The molecule has 2 aromatic carbocycles. The van der Waals surface area contributed by atoms with Crippen molar-refractivity contribution in [3.8, 4) is 5.75 Å². The Hall–Kier alpha value is -3.08. The van der Waals surface area contributed by atoms with E-state index in [-0.39, 0.29) is 11.7 Å². The highest BCUT2D eigenvalue weighted by atomic mass is 16.5. The molecular formula is C17H16N2O3. The number of ketones is 1. The molecule has 0 spiro atoms. The summed E-state index contributed by atoms with van der Waals surface area (Å²) >= 11 is 0. The highest BCUT2D eigenvalue weighted by molar-refractivity contribution is 6.04. The van der Waals surface area contributed by atoms with Gasteiger partial charge in [0, 0.05) is 23.4 Å². The molecule has 0 aliphatic rings. The number of amides is 1. The molecule has 0 fully saturated rings. The maximum Gasteiger partial charge on any atom is 0.269 e. The summed E-state index contributed by atoms with van der Waals surface area (Å²) in [4.78, 5) is 23.7. The molecule has 0 aliphatic carbocycles. The second-order valence-electron chi connectivity index (χ2n) is 4.39. The summed E-state index contributed by atoms with van der Waals surface area (Å²) in [5.41, 5.74) is 6.09. The van der Waals surface area contributed by atoms with Crippen LogP contribution in [0.2, 0.25) is 0 Å². The van der Waals surface area contributed by atoms with E-state index in [4.69, 9.17) is 4.74 Å². The van der Waals surface area contributed by atoms with Gasteiger partial charge in [-0.3, -0.25) is 15.0 Å². The van der Waals surface area contributed by atoms with E-state index in [0.717, 1.165) is 0 Å². The molecule has 0 unspecified atom stereocenters. The molecule has 5 nitrogen and oxygen atoms in total. The summed E-state index contributed by atoms with van der Waals surface area (Å²) in [5.74, 6) is 0.127. The van der Waals surface area contributed by atoms with E-state index >= 15 is 0 Å². The molecule has 0 aliphatic heterocycles. The Labute approximate surface area is 128 Å². The van der Waals surface area contributed by atoms with Crippen LogP contribution in [0.5, 0.6) is 5.75 Å². The van der Waals surface area contributed by atoms with Crippen molar-refractivity contribution in [2.75, 3.05) is 7.11 Å². The Morgan fingerprint density at radius 3 is 2.45 bits per heavy atom. The number of rotatable bonds is 6. The smallest absolute Gasteiger partial charge is 0.269 e. The Bertz CT molecular complexity index is 681. The molecule has 0 saturated carbocycles. The highest BCUT2D eigenvalue weighted by Gasteiger charge is 2.05. The number of carbonyl (C=O) groups is 2. The zero-order chi connectivity index (χ0) is 15.8. The lowest BCUT2D eigenvalue weighted by Gasteiger charge is -2.06. The monoisotopic (exact) mass is 296 g/mol. The van der Waals surface area contributed by atoms with E-state index < -0.39 is 0 Å². The number of hydrazine groups is 1. The van der Waals surface area contributed by atoms with Crippen molar-refractivity contribution in [1.82, 2.24) is 10.9 Å². The number of benzene rings is 2. The molecule has 0 saturated heterocycles. The van der Waals surface area contributed by atoms with Crippen molar-refractivity contribution in [3.05, 3.63) is 78.0 Å². The van der Waals surface area contributed by atoms with Gasteiger partial charge in [0.25, 0.3) is 5.91 Å². The van der Waals surface area contributed by atoms with Crippen molar-refractivity contribution < 1.29 is 14.3 Å². The summed E-state index contributed by atoms with van der Waals surface area (Å²) < 4.78 is 5.05. The van der Waals surface area contributed by atoms with Gasteiger partial charge in [0.05, 0.1) is 7.11 Å². The molecule has 2 rings (SSSR count). The number of carbonyl (C=O) groups excluding carboxylic acids is 2. The molecule has 22 heavy (non-hydrogen) atoms. The normalized spacial score (nSPS) is 10.2. The fraction of sp³-hybridized carbons (Fsp3) is 0.0588. The molecular weight excluding hydrogens is 280 g/mol. The van der Waals surface area contributed by atoms with E-state index in [9.17, 15) is 9.59 Å².